The summed E-state index contributed by atoms with van der Waals surface area (Å²) >= 11 is 0. The normalized spacial score (nSPS) is 14.3. The van der Waals surface area contributed by atoms with E-state index in [1.165, 1.54) is 24.3 Å². The van der Waals surface area contributed by atoms with Crippen molar-refractivity contribution in [3.05, 3.63) is 59.9 Å². The summed E-state index contributed by atoms with van der Waals surface area (Å²) in [6.07, 6.45) is -4.76. The summed E-state index contributed by atoms with van der Waals surface area (Å²) in [6.45, 7) is 5.50. The van der Waals surface area contributed by atoms with E-state index in [0.29, 0.717) is 37.0 Å². The van der Waals surface area contributed by atoms with Crippen LogP contribution in [0.4, 0.5) is 18.9 Å². The number of ether oxygens (including phenoxy) is 2. The van der Waals surface area contributed by atoms with Gasteiger partial charge in [0.15, 0.2) is 0 Å². The molecule has 0 unspecified atom stereocenters. The van der Waals surface area contributed by atoms with E-state index >= 15 is 0 Å². The number of nitrogens with zero attached hydrogens (tertiary/aromatic N) is 6. The fraction of sp³-hybridized carbons (Fsp3) is 0.304. The summed E-state index contributed by atoms with van der Waals surface area (Å²) < 4.78 is 53.4. The van der Waals surface area contributed by atoms with Gasteiger partial charge in [-0.2, -0.15) is 4.98 Å². The van der Waals surface area contributed by atoms with Crippen LogP contribution in [-0.4, -0.2) is 57.6 Å². The highest BCUT2D eigenvalue weighted by atomic mass is 19.4. The van der Waals surface area contributed by atoms with Gasteiger partial charge in [-0.3, -0.25) is 0 Å². The predicted octanol–water partition coefficient (Wildman–Crippen LogP) is 4.09. The van der Waals surface area contributed by atoms with E-state index in [2.05, 4.69) is 42.0 Å². The number of hydrogen-bond donors (Lipinski definition) is 0. The lowest BCUT2D eigenvalue weighted by Crippen LogP contribution is -2.36. The maximum absolute atomic E-state index is 12.3. The molecular formula is C23H21F3N6O3. The molecule has 35 heavy (non-hydrogen) atoms. The average Bonchev–Trinajstić information content (AvgIpc) is 3.47. The molecule has 1 saturated heterocycles. The maximum atomic E-state index is 12.3. The molecule has 1 aliphatic heterocycles. The molecule has 4 aromatic rings. The minimum Gasteiger partial charge on any atom is -0.406 e. The molecule has 3 heterocycles. The van der Waals surface area contributed by atoms with E-state index in [0.717, 1.165) is 24.3 Å². The molecule has 5 rings (SSSR count). The van der Waals surface area contributed by atoms with Crippen molar-refractivity contribution >= 4 is 5.69 Å². The second-order valence-corrected chi connectivity index (χ2v) is 7.90. The van der Waals surface area contributed by atoms with Crippen molar-refractivity contribution in [1.82, 2.24) is 24.9 Å². The standard InChI is InChI=1S/C23H21F3N6O3/c1-15-27-20(21-28-22(35-30-21)17-5-7-19(8-6-17)34-23(24,25)26)29-32(15)14-16-3-2-4-18(13-16)31-9-11-33-12-10-31/h2-8,13H,9-12,14H2,1H3. The average molecular weight is 486 g/mol. The SMILES string of the molecule is Cc1nc(-c2noc(-c3ccc(OC(F)(F)F)cc3)n2)nn1Cc1cccc(N2CCOCC2)c1. The van der Waals surface area contributed by atoms with Crippen molar-refractivity contribution < 1.29 is 27.2 Å². The molecule has 0 saturated carbocycles. The fourth-order valence-corrected chi connectivity index (χ4v) is 3.74. The summed E-state index contributed by atoms with van der Waals surface area (Å²) in [7, 11) is 0. The molecule has 2 aromatic carbocycles. The Morgan fingerprint density at radius 3 is 2.51 bits per heavy atom. The molecule has 0 amide bonds. The number of halogens is 3. The first-order chi connectivity index (χ1) is 16.8. The fourth-order valence-electron chi connectivity index (χ4n) is 3.74. The zero-order valence-corrected chi connectivity index (χ0v) is 18.7. The summed E-state index contributed by atoms with van der Waals surface area (Å²) in [5.41, 5.74) is 2.65. The number of anilines is 1. The van der Waals surface area contributed by atoms with Crippen molar-refractivity contribution in [2.75, 3.05) is 31.2 Å². The molecule has 12 heteroatoms. The van der Waals surface area contributed by atoms with Crippen LogP contribution in [0.5, 0.6) is 5.75 Å². The third kappa shape index (κ3) is 5.43. The highest BCUT2D eigenvalue weighted by Gasteiger charge is 2.31. The van der Waals surface area contributed by atoms with Gasteiger partial charge in [0.2, 0.25) is 11.6 Å². The van der Waals surface area contributed by atoms with Crippen molar-refractivity contribution in [3.63, 3.8) is 0 Å². The van der Waals surface area contributed by atoms with Crippen LogP contribution in [-0.2, 0) is 11.3 Å². The van der Waals surface area contributed by atoms with Crippen LogP contribution < -0.4 is 9.64 Å². The van der Waals surface area contributed by atoms with Crippen molar-refractivity contribution in [1.29, 1.82) is 0 Å². The monoisotopic (exact) mass is 486 g/mol. The molecule has 0 radical (unpaired) electrons. The number of aromatic nitrogens is 5. The molecular weight excluding hydrogens is 465 g/mol. The number of alkyl halides is 3. The van der Waals surface area contributed by atoms with Gasteiger partial charge >= 0.3 is 6.36 Å². The van der Waals surface area contributed by atoms with Crippen LogP contribution >= 0.6 is 0 Å². The number of morpholine rings is 1. The lowest BCUT2D eigenvalue weighted by atomic mass is 10.2. The van der Waals surface area contributed by atoms with Gasteiger partial charge in [-0.25, -0.2) is 9.67 Å². The highest BCUT2D eigenvalue weighted by molar-refractivity contribution is 5.57. The summed E-state index contributed by atoms with van der Waals surface area (Å²) in [6, 6.07) is 13.4. The molecule has 0 atom stereocenters. The number of aryl methyl sites for hydroxylation is 1. The van der Waals surface area contributed by atoms with E-state index in [1.54, 1.807) is 4.68 Å². The quantitative estimate of drug-likeness (QED) is 0.403. The second kappa shape index (κ2) is 9.37. The molecule has 182 valence electrons. The second-order valence-electron chi connectivity index (χ2n) is 7.90. The molecule has 0 aliphatic carbocycles. The topological polar surface area (TPSA) is 91.3 Å². The van der Waals surface area contributed by atoms with Gasteiger partial charge in [-0.1, -0.05) is 17.3 Å². The van der Waals surface area contributed by atoms with Gasteiger partial charge in [0, 0.05) is 24.3 Å². The number of hydrogen-bond acceptors (Lipinski definition) is 8. The van der Waals surface area contributed by atoms with Gasteiger partial charge in [-0.15, -0.1) is 18.3 Å². The largest absolute Gasteiger partial charge is 0.573 e. The van der Waals surface area contributed by atoms with Gasteiger partial charge in [0.1, 0.15) is 11.6 Å². The van der Waals surface area contributed by atoms with Crippen molar-refractivity contribution in [3.8, 4) is 28.9 Å². The third-order valence-electron chi connectivity index (χ3n) is 5.44. The smallest absolute Gasteiger partial charge is 0.406 e. The first-order valence-electron chi connectivity index (χ1n) is 10.9. The molecule has 1 fully saturated rings. The Morgan fingerprint density at radius 2 is 1.77 bits per heavy atom. The van der Waals surface area contributed by atoms with Crippen LogP contribution in [0.1, 0.15) is 11.4 Å². The highest BCUT2D eigenvalue weighted by Crippen LogP contribution is 2.27. The van der Waals surface area contributed by atoms with E-state index in [-0.39, 0.29) is 17.5 Å². The van der Waals surface area contributed by atoms with Gasteiger partial charge < -0.3 is 18.9 Å². The first kappa shape index (κ1) is 22.8. The molecule has 0 N–H and O–H groups in total. The summed E-state index contributed by atoms with van der Waals surface area (Å²) in [5, 5.41) is 8.45. The Morgan fingerprint density at radius 1 is 1.00 bits per heavy atom. The van der Waals surface area contributed by atoms with Gasteiger partial charge in [0.05, 0.1) is 19.8 Å². The predicted molar refractivity (Wildman–Crippen MR) is 119 cm³/mol. The van der Waals surface area contributed by atoms with E-state index in [9.17, 15) is 13.2 Å². The molecule has 9 nitrogen and oxygen atoms in total. The third-order valence-corrected chi connectivity index (χ3v) is 5.44. The van der Waals surface area contributed by atoms with Crippen LogP contribution in [0.3, 0.4) is 0 Å². The van der Waals surface area contributed by atoms with Gasteiger partial charge in [0.25, 0.3) is 5.89 Å². The Balaban J connectivity index is 1.30. The van der Waals surface area contributed by atoms with Crippen molar-refractivity contribution in [2.24, 2.45) is 0 Å². The maximum Gasteiger partial charge on any atom is 0.573 e. The Kier molecular flexibility index (Phi) is 6.12. The van der Waals surface area contributed by atoms with Crippen LogP contribution in [0.2, 0.25) is 0 Å². The van der Waals surface area contributed by atoms with Crippen LogP contribution in [0.25, 0.3) is 23.1 Å². The van der Waals surface area contributed by atoms with E-state index in [4.69, 9.17) is 9.26 Å². The van der Waals surface area contributed by atoms with Gasteiger partial charge in [-0.05, 0) is 48.9 Å². The zero-order valence-electron chi connectivity index (χ0n) is 18.7. The Hall–Kier alpha value is -3.93. The minimum absolute atomic E-state index is 0.130. The lowest BCUT2D eigenvalue weighted by molar-refractivity contribution is -0.274. The first-order valence-corrected chi connectivity index (χ1v) is 10.9. The Labute approximate surface area is 198 Å². The van der Waals surface area contributed by atoms with Crippen molar-refractivity contribution in [2.45, 2.75) is 19.8 Å². The van der Waals surface area contributed by atoms with E-state index in [1.807, 2.05) is 19.1 Å². The Bertz CT molecular complexity index is 1300. The minimum atomic E-state index is -4.76. The lowest BCUT2D eigenvalue weighted by Gasteiger charge is -2.29. The van der Waals surface area contributed by atoms with Crippen LogP contribution in [0.15, 0.2) is 53.1 Å². The number of rotatable bonds is 6. The summed E-state index contributed by atoms with van der Waals surface area (Å²) in [4.78, 5) is 11.0. The van der Waals surface area contributed by atoms with Crippen LogP contribution in [0, 0.1) is 6.92 Å². The zero-order chi connectivity index (χ0) is 24.4. The molecule has 2 aromatic heterocycles. The van der Waals surface area contributed by atoms with E-state index < -0.39 is 6.36 Å². The molecule has 1 aliphatic rings. The molecule has 0 bridgehead atoms. The summed E-state index contributed by atoms with van der Waals surface area (Å²) in [5.74, 6) is 0.940. The number of benzene rings is 2. The molecule has 0 spiro atoms.